The first-order chi connectivity index (χ1) is 14.5. The Morgan fingerprint density at radius 1 is 0.900 bits per heavy atom. The zero-order valence-corrected chi connectivity index (χ0v) is 16.5. The number of nitrogens with zero attached hydrogens (tertiary/aromatic N) is 1. The maximum Gasteiger partial charge on any atom is 0.374 e. The standard InChI is InChI=1S/C24H19NO5/c1-15(26)17-8-10-18(11-9-17)21-12-13-22(30-21)24(27)28-14-20-16(2)29-23(25-20)19-6-4-3-5-7-19/h3-13H,14H2,1-2H3. The van der Waals surface area contributed by atoms with Crippen molar-refractivity contribution in [2.45, 2.75) is 20.5 Å². The predicted octanol–water partition coefficient (Wildman–Crippen LogP) is 5.47. The van der Waals surface area contributed by atoms with Crippen molar-refractivity contribution >= 4 is 11.8 Å². The maximum absolute atomic E-state index is 12.4. The molecular formula is C24H19NO5. The summed E-state index contributed by atoms with van der Waals surface area (Å²) in [5.41, 5.74) is 2.78. The first-order valence-electron chi connectivity index (χ1n) is 9.41. The molecule has 0 fully saturated rings. The summed E-state index contributed by atoms with van der Waals surface area (Å²) in [5, 5.41) is 0. The quantitative estimate of drug-likeness (QED) is 0.315. The van der Waals surface area contributed by atoms with E-state index in [9.17, 15) is 9.59 Å². The van der Waals surface area contributed by atoms with E-state index in [-0.39, 0.29) is 18.2 Å². The van der Waals surface area contributed by atoms with E-state index in [1.807, 2.05) is 30.3 Å². The highest BCUT2D eigenvalue weighted by molar-refractivity contribution is 5.94. The minimum atomic E-state index is -0.592. The lowest BCUT2D eigenvalue weighted by atomic mass is 10.1. The number of furan rings is 1. The molecule has 0 unspecified atom stereocenters. The average Bonchev–Trinajstić information content (AvgIpc) is 3.40. The topological polar surface area (TPSA) is 82.5 Å². The number of oxazole rings is 1. The van der Waals surface area contributed by atoms with Crippen molar-refractivity contribution in [1.29, 1.82) is 0 Å². The first kappa shape index (κ1) is 19.4. The van der Waals surface area contributed by atoms with Gasteiger partial charge in [-0.15, -0.1) is 0 Å². The molecule has 0 spiro atoms. The summed E-state index contributed by atoms with van der Waals surface area (Å²) >= 11 is 0. The fraction of sp³-hybridized carbons (Fsp3) is 0.125. The highest BCUT2D eigenvalue weighted by Crippen LogP contribution is 2.25. The number of rotatable bonds is 6. The normalized spacial score (nSPS) is 10.7. The summed E-state index contributed by atoms with van der Waals surface area (Å²) in [6.07, 6.45) is 0. The average molecular weight is 401 g/mol. The SMILES string of the molecule is CC(=O)c1ccc(-c2ccc(C(=O)OCc3nc(-c4ccccc4)oc3C)o2)cc1. The van der Waals surface area contributed by atoms with Gasteiger partial charge in [-0.2, -0.15) is 0 Å². The summed E-state index contributed by atoms with van der Waals surface area (Å²) in [5.74, 6) is 1.07. The smallest absolute Gasteiger partial charge is 0.374 e. The molecule has 2 aromatic heterocycles. The fourth-order valence-electron chi connectivity index (χ4n) is 2.94. The Labute approximate surface area is 173 Å². The van der Waals surface area contributed by atoms with Crippen molar-refractivity contribution in [3.63, 3.8) is 0 Å². The van der Waals surface area contributed by atoms with Crippen LogP contribution in [0.25, 0.3) is 22.8 Å². The van der Waals surface area contributed by atoms with Crippen molar-refractivity contribution in [3.05, 3.63) is 89.5 Å². The monoisotopic (exact) mass is 401 g/mol. The molecule has 4 rings (SSSR count). The molecule has 2 heterocycles. The van der Waals surface area contributed by atoms with E-state index in [0.717, 1.165) is 11.1 Å². The van der Waals surface area contributed by atoms with Crippen LogP contribution in [0.1, 0.15) is 39.3 Å². The molecule has 30 heavy (non-hydrogen) atoms. The number of aromatic nitrogens is 1. The maximum atomic E-state index is 12.4. The number of Topliss-reactive ketones (excluding diaryl/α,β-unsaturated/α-hetero) is 1. The van der Waals surface area contributed by atoms with Gasteiger partial charge in [0.1, 0.15) is 23.8 Å². The van der Waals surface area contributed by atoms with E-state index < -0.39 is 5.97 Å². The molecule has 0 aliphatic rings. The number of carbonyl (C=O) groups excluding carboxylic acids is 2. The summed E-state index contributed by atoms with van der Waals surface area (Å²) in [4.78, 5) is 28.2. The minimum absolute atomic E-state index is 0.0103. The molecule has 0 amide bonds. The van der Waals surface area contributed by atoms with Gasteiger partial charge in [0.2, 0.25) is 11.7 Å². The third-order valence-electron chi connectivity index (χ3n) is 4.64. The second-order valence-corrected chi connectivity index (χ2v) is 6.76. The highest BCUT2D eigenvalue weighted by atomic mass is 16.5. The van der Waals surface area contributed by atoms with Crippen LogP contribution in [0.5, 0.6) is 0 Å². The van der Waals surface area contributed by atoms with Gasteiger partial charge in [-0.1, -0.05) is 42.5 Å². The Balaban J connectivity index is 1.43. The number of hydrogen-bond donors (Lipinski definition) is 0. The molecule has 0 saturated carbocycles. The van der Waals surface area contributed by atoms with Crippen LogP contribution in [0.3, 0.4) is 0 Å². The lowest BCUT2D eigenvalue weighted by Gasteiger charge is -2.01. The van der Waals surface area contributed by atoms with Gasteiger partial charge in [-0.3, -0.25) is 4.79 Å². The van der Waals surface area contributed by atoms with Crippen molar-refractivity contribution < 1.29 is 23.2 Å². The van der Waals surface area contributed by atoms with E-state index in [2.05, 4.69) is 4.98 Å². The summed E-state index contributed by atoms with van der Waals surface area (Å²) in [6, 6.07) is 19.7. The van der Waals surface area contributed by atoms with Crippen LogP contribution in [0.2, 0.25) is 0 Å². The van der Waals surface area contributed by atoms with Crippen LogP contribution >= 0.6 is 0 Å². The number of carbonyl (C=O) groups is 2. The van der Waals surface area contributed by atoms with Crippen molar-refractivity contribution in [2.75, 3.05) is 0 Å². The zero-order valence-electron chi connectivity index (χ0n) is 16.5. The molecule has 0 atom stereocenters. The van der Waals surface area contributed by atoms with Gasteiger partial charge in [0.15, 0.2) is 5.78 Å². The van der Waals surface area contributed by atoms with Crippen LogP contribution in [0.4, 0.5) is 0 Å². The Hall–Kier alpha value is -3.93. The number of benzene rings is 2. The van der Waals surface area contributed by atoms with Crippen molar-refractivity contribution in [1.82, 2.24) is 4.98 Å². The Morgan fingerprint density at radius 2 is 1.63 bits per heavy atom. The van der Waals surface area contributed by atoms with Crippen LogP contribution in [-0.4, -0.2) is 16.7 Å². The van der Waals surface area contributed by atoms with Gasteiger partial charge in [0.05, 0.1) is 0 Å². The van der Waals surface area contributed by atoms with Crippen LogP contribution in [0.15, 0.2) is 75.6 Å². The molecule has 150 valence electrons. The number of hydrogen-bond acceptors (Lipinski definition) is 6. The molecule has 0 aliphatic heterocycles. The summed E-state index contributed by atoms with van der Waals surface area (Å²) in [7, 11) is 0. The third-order valence-corrected chi connectivity index (χ3v) is 4.64. The van der Waals surface area contributed by atoms with Gasteiger partial charge in [0, 0.05) is 16.7 Å². The second-order valence-electron chi connectivity index (χ2n) is 6.76. The Kier molecular flexibility index (Phi) is 5.30. The largest absolute Gasteiger partial charge is 0.453 e. The molecule has 0 aliphatic carbocycles. The zero-order chi connectivity index (χ0) is 21.1. The summed E-state index contributed by atoms with van der Waals surface area (Å²) in [6.45, 7) is 3.26. The first-order valence-corrected chi connectivity index (χ1v) is 9.41. The number of ether oxygens (including phenoxy) is 1. The number of aryl methyl sites for hydroxylation is 1. The van der Waals surface area contributed by atoms with Crippen molar-refractivity contribution in [2.24, 2.45) is 0 Å². The van der Waals surface area contributed by atoms with Gasteiger partial charge in [-0.05, 0) is 38.1 Å². The minimum Gasteiger partial charge on any atom is -0.453 e. The second kappa shape index (κ2) is 8.21. The van der Waals surface area contributed by atoms with E-state index in [1.165, 1.54) is 6.92 Å². The predicted molar refractivity (Wildman–Crippen MR) is 110 cm³/mol. The molecule has 6 heteroatoms. The Bertz CT molecular complexity index is 1190. The number of ketones is 1. The van der Waals surface area contributed by atoms with Gasteiger partial charge < -0.3 is 13.6 Å². The Morgan fingerprint density at radius 3 is 2.33 bits per heavy atom. The number of esters is 1. The molecular weight excluding hydrogens is 382 g/mol. The van der Waals surface area contributed by atoms with Gasteiger partial charge >= 0.3 is 5.97 Å². The third kappa shape index (κ3) is 4.07. The van der Waals surface area contributed by atoms with Crippen LogP contribution in [0, 0.1) is 6.92 Å². The molecule has 4 aromatic rings. The van der Waals surface area contributed by atoms with Gasteiger partial charge in [-0.25, -0.2) is 9.78 Å². The molecule has 0 N–H and O–H groups in total. The van der Waals surface area contributed by atoms with E-state index in [1.54, 1.807) is 43.3 Å². The van der Waals surface area contributed by atoms with E-state index in [0.29, 0.717) is 28.7 Å². The van der Waals surface area contributed by atoms with E-state index in [4.69, 9.17) is 13.6 Å². The fourth-order valence-corrected chi connectivity index (χ4v) is 2.94. The molecule has 0 radical (unpaired) electrons. The van der Waals surface area contributed by atoms with E-state index >= 15 is 0 Å². The highest BCUT2D eigenvalue weighted by Gasteiger charge is 2.17. The molecule has 0 saturated heterocycles. The molecule has 6 nitrogen and oxygen atoms in total. The molecule has 2 aromatic carbocycles. The van der Waals surface area contributed by atoms with Crippen LogP contribution < -0.4 is 0 Å². The van der Waals surface area contributed by atoms with Gasteiger partial charge in [0.25, 0.3) is 0 Å². The lowest BCUT2D eigenvalue weighted by molar-refractivity contribution is 0.0431. The summed E-state index contributed by atoms with van der Waals surface area (Å²) < 4.78 is 16.6. The molecule has 0 bridgehead atoms. The van der Waals surface area contributed by atoms with Crippen LogP contribution in [-0.2, 0) is 11.3 Å². The van der Waals surface area contributed by atoms with Crippen molar-refractivity contribution in [3.8, 4) is 22.8 Å². The lowest BCUT2D eigenvalue weighted by Crippen LogP contribution is -2.04.